The van der Waals surface area contributed by atoms with Crippen molar-refractivity contribution in [2.75, 3.05) is 6.26 Å². The first-order valence-electron chi connectivity index (χ1n) is 6.97. The molecule has 0 bridgehead atoms. The number of nitrogens with zero attached hydrogens (tertiary/aromatic N) is 2. The van der Waals surface area contributed by atoms with Crippen molar-refractivity contribution in [1.29, 1.82) is 0 Å². The van der Waals surface area contributed by atoms with Gasteiger partial charge < -0.3 is 5.11 Å². The molecule has 12 heteroatoms. The van der Waals surface area contributed by atoms with E-state index in [1.165, 1.54) is 16.8 Å². The highest BCUT2D eigenvalue weighted by atomic mass is 35.5. The van der Waals surface area contributed by atoms with Gasteiger partial charge in [0, 0.05) is 18.0 Å². The van der Waals surface area contributed by atoms with E-state index < -0.39 is 26.3 Å². The molecule has 146 valence electrons. The molecule has 0 saturated heterocycles. The SMILES string of the molecule is Cc1cnn(Cc2c(S(C)(=O)=O)ccc(C(=O)O)c2Cl)c1.O=C(Cl)C(=O)Cl. The maximum absolute atomic E-state index is 11.8. The summed E-state index contributed by atoms with van der Waals surface area (Å²) >= 11 is 15.1. The summed E-state index contributed by atoms with van der Waals surface area (Å²) in [5, 5.41) is 10.8. The molecule has 0 amide bonds. The molecule has 0 fully saturated rings. The minimum absolute atomic E-state index is 0.00523. The summed E-state index contributed by atoms with van der Waals surface area (Å²) in [5.74, 6) is -1.21. The lowest BCUT2D eigenvalue weighted by atomic mass is 10.1. The van der Waals surface area contributed by atoms with Crippen LogP contribution in [0.5, 0.6) is 0 Å². The van der Waals surface area contributed by atoms with Crippen LogP contribution in [0.15, 0.2) is 29.4 Å². The van der Waals surface area contributed by atoms with Gasteiger partial charge in [-0.2, -0.15) is 5.10 Å². The first-order chi connectivity index (χ1) is 12.3. The molecular formula is C15H13Cl3N2O6S. The van der Waals surface area contributed by atoms with E-state index in [4.69, 9.17) is 16.7 Å². The molecular weight excluding hydrogens is 443 g/mol. The predicted molar refractivity (Wildman–Crippen MR) is 99.3 cm³/mol. The summed E-state index contributed by atoms with van der Waals surface area (Å²) in [4.78, 5) is 30.0. The summed E-state index contributed by atoms with van der Waals surface area (Å²) < 4.78 is 25.2. The predicted octanol–water partition coefficient (Wildman–Crippen LogP) is 2.51. The van der Waals surface area contributed by atoms with E-state index >= 15 is 0 Å². The highest BCUT2D eigenvalue weighted by molar-refractivity contribution is 7.90. The average Bonchev–Trinajstić information content (AvgIpc) is 2.93. The number of carbonyl (C=O) groups excluding carboxylic acids is 2. The van der Waals surface area contributed by atoms with Gasteiger partial charge in [-0.15, -0.1) is 0 Å². The Bertz CT molecular complexity index is 989. The number of carboxylic acid groups (broad SMARTS) is 1. The first kappa shape index (κ1) is 23.1. The summed E-state index contributed by atoms with van der Waals surface area (Å²) in [6.07, 6.45) is 4.39. The van der Waals surface area contributed by atoms with Crippen LogP contribution >= 0.6 is 34.8 Å². The Kier molecular flexibility index (Phi) is 7.97. The van der Waals surface area contributed by atoms with Gasteiger partial charge in [0.15, 0.2) is 9.84 Å². The molecule has 0 aliphatic rings. The number of hydrogen-bond donors (Lipinski definition) is 1. The number of sulfone groups is 1. The first-order valence-corrected chi connectivity index (χ1v) is 10.00. The van der Waals surface area contributed by atoms with Crippen molar-refractivity contribution in [3.05, 3.63) is 46.2 Å². The van der Waals surface area contributed by atoms with Crippen molar-refractivity contribution >= 4 is 61.1 Å². The van der Waals surface area contributed by atoms with Gasteiger partial charge in [0.1, 0.15) is 0 Å². The number of aromatic carboxylic acids is 1. The van der Waals surface area contributed by atoms with Gasteiger partial charge in [0.25, 0.3) is 0 Å². The van der Waals surface area contributed by atoms with Crippen LogP contribution < -0.4 is 0 Å². The molecule has 0 spiro atoms. The van der Waals surface area contributed by atoms with Crippen molar-refractivity contribution in [3.63, 3.8) is 0 Å². The van der Waals surface area contributed by atoms with E-state index in [-0.39, 0.29) is 27.6 Å². The second-order valence-electron chi connectivity index (χ2n) is 5.24. The molecule has 1 N–H and O–H groups in total. The van der Waals surface area contributed by atoms with Crippen molar-refractivity contribution < 1.29 is 27.9 Å². The third-order valence-corrected chi connectivity index (χ3v) is 5.12. The summed E-state index contributed by atoms with van der Waals surface area (Å²) in [6, 6.07) is 2.45. The van der Waals surface area contributed by atoms with Crippen LogP contribution in [-0.4, -0.2) is 46.0 Å². The Labute approximate surface area is 169 Å². The molecule has 27 heavy (non-hydrogen) atoms. The molecule has 0 aliphatic heterocycles. The van der Waals surface area contributed by atoms with Crippen molar-refractivity contribution in [1.82, 2.24) is 9.78 Å². The van der Waals surface area contributed by atoms with Gasteiger partial charge in [-0.3, -0.25) is 14.3 Å². The number of benzene rings is 1. The number of aryl methyl sites for hydroxylation is 1. The van der Waals surface area contributed by atoms with Gasteiger partial charge in [-0.25, -0.2) is 13.2 Å². The van der Waals surface area contributed by atoms with Crippen LogP contribution in [-0.2, 0) is 26.0 Å². The highest BCUT2D eigenvalue weighted by Crippen LogP contribution is 2.28. The van der Waals surface area contributed by atoms with Crippen LogP contribution in [0, 0.1) is 6.92 Å². The quantitative estimate of drug-likeness (QED) is 0.542. The lowest BCUT2D eigenvalue weighted by Gasteiger charge is -2.12. The fraction of sp³-hybridized carbons (Fsp3) is 0.200. The lowest BCUT2D eigenvalue weighted by Crippen LogP contribution is -2.11. The Morgan fingerprint density at radius 1 is 1.19 bits per heavy atom. The van der Waals surface area contributed by atoms with Crippen LogP contribution in [0.3, 0.4) is 0 Å². The largest absolute Gasteiger partial charge is 0.478 e. The van der Waals surface area contributed by atoms with E-state index in [9.17, 15) is 22.8 Å². The average molecular weight is 456 g/mol. The number of halogens is 3. The van der Waals surface area contributed by atoms with E-state index in [1.54, 1.807) is 12.4 Å². The lowest BCUT2D eigenvalue weighted by molar-refractivity contribution is -0.127. The molecule has 2 rings (SSSR count). The number of aromatic nitrogens is 2. The Morgan fingerprint density at radius 2 is 1.74 bits per heavy atom. The van der Waals surface area contributed by atoms with Crippen LogP contribution in [0.2, 0.25) is 5.02 Å². The third-order valence-electron chi connectivity index (χ3n) is 3.07. The smallest absolute Gasteiger partial charge is 0.337 e. The highest BCUT2D eigenvalue weighted by Gasteiger charge is 2.21. The van der Waals surface area contributed by atoms with E-state index in [2.05, 4.69) is 28.3 Å². The summed E-state index contributed by atoms with van der Waals surface area (Å²) in [7, 11) is -3.53. The molecule has 0 saturated carbocycles. The van der Waals surface area contributed by atoms with Gasteiger partial charge >= 0.3 is 16.5 Å². The molecule has 0 aliphatic carbocycles. The van der Waals surface area contributed by atoms with Crippen molar-refractivity contribution in [2.45, 2.75) is 18.4 Å². The summed E-state index contributed by atoms with van der Waals surface area (Å²) in [5.41, 5.74) is 0.992. The minimum Gasteiger partial charge on any atom is -0.478 e. The maximum atomic E-state index is 11.8. The van der Waals surface area contributed by atoms with E-state index in [1.807, 2.05) is 6.92 Å². The molecule has 8 nitrogen and oxygen atoms in total. The van der Waals surface area contributed by atoms with Gasteiger partial charge in [0.05, 0.1) is 28.2 Å². The van der Waals surface area contributed by atoms with Gasteiger partial charge in [-0.05, 0) is 47.8 Å². The zero-order valence-electron chi connectivity index (χ0n) is 13.9. The molecule has 1 heterocycles. The monoisotopic (exact) mass is 454 g/mol. The standard InChI is InChI=1S/C13H13ClN2O4S.C2Cl2O2/c1-8-5-15-16(6-8)7-10-11(21(2,19)20)4-3-9(12(10)14)13(17)18;3-1(5)2(4)6/h3-6H,7H2,1-2H3,(H,17,18);. The topological polar surface area (TPSA) is 123 Å². The number of rotatable bonds is 5. The zero-order chi connectivity index (χ0) is 20.9. The Hall–Kier alpha value is -1.94. The normalized spacial score (nSPS) is 10.7. The molecule has 0 unspecified atom stereocenters. The third kappa shape index (κ3) is 6.62. The van der Waals surface area contributed by atoms with Crippen LogP contribution in [0.25, 0.3) is 0 Å². The fourth-order valence-electron chi connectivity index (χ4n) is 1.98. The zero-order valence-corrected chi connectivity index (χ0v) is 17.0. The molecule has 0 atom stereocenters. The molecule has 1 aromatic heterocycles. The maximum Gasteiger partial charge on any atom is 0.337 e. The number of carbonyl (C=O) groups is 3. The minimum atomic E-state index is -3.53. The van der Waals surface area contributed by atoms with Gasteiger partial charge in [0.2, 0.25) is 0 Å². The van der Waals surface area contributed by atoms with Crippen molar-refractivity contribution in [2.24, 2.45) is 0 Å². The second kappa shape index (κ2) is 9.32. The molecule has 2 aromatic rings. The van der Waals surface area contributed by atoms with Crippen molar-refractivity contribution in [3.8, 4) is 0 Å². The van der Waals surface area contributed by atoms with E-state index in [0.29, 0.717) is 0 Å². The molecule has 1 aromatic carbocycles. The fourth-order valence-corrected chi connectivity index (χ4v) is 3.27. The van der Waals surface area contributed by atoms with Crippen LogP contribution in [0.4, 0.5) is 0 Å². The van der Waals surface area contributed by atoms with Crippen LogP contribution in [0.1, 0.15) is 21.5 Å². The molecule has 0 radical (unpaired) electrons. The second-order valence-corrected chi connectivity index (χ2v) is 8.29. The van der Waals surface area contributed by atoms with Gasteiger partial charge in [-0.1, -0.05) is 11.6 Å². The van der Waals surface area contributed by atoms with E-state index in [0.717, 1.165) is 11.8 Å². The number of hydrogen-bond acceptors (Lipinski definition) is 6. The Morgan fingerprint density at radius 3 is 2.11 bits per heavy atom. The number of carboxylic acids is 1. The Balaban J connectivity index is 0.000000527. The summed E-state index contributed by atoms with van der Waals surface area (Å²) in [6.45, 7) is 1.92.